The quantitative estimate of drug-likeness (QED) is 0.918. The van der Waals surface area contributed by atoms with Gasteiger partial charge < -0.3 is 15.0 Å². The molecular weight excluding hydrogens is 250 g/mol. The third kappa shape index (κ3) is 4.18. The molecule has 1 saturated heterocycles. The molecule has 20 heavy (non-hydrogen) atoms. The molecular formula is C16H27N3O. The zero-order valence-electron chi connectivity index (χ0n) is 13.1. The van der Waals surface area contributed by atoms with Crippen molar-refractivity contribution in [1.82, 2.24) is 10.3 Å². The van der Waals surface area contributed by atoms with Crippen molar-refractivity contribution in [3.05, 3.63) is 23.9 Å². The van der Waals surface area contributed by atoms with Gasteiger partial charge in [-0.25, -0.2) is 4.98 Å². The molecule has 2 rings (SSSR count). The van der Waals surface area contributed by atoms with E-state index in [1.54, 1.807) is 0 Å². The summed E-state index contributed by atoms with van der Waals surface area (Å²) in [6.07, 6.45) is 3.26. The largest absolute Gasteiger partial charge is 0.375 e. The predicted molar refractivity (Wildman–Crippen MR) is 83.1 cm³/mol. The summed E-state index contributed by atoms with van der Waals surface area (Å²) in [5, 5.41) is 3.54. The summed E-state index contributed by atoms with van der Waals surface area (Å²) in [5.41, 5.74) is 1.38. The first-order chi connectivity index (χ1) is 9.49. The highest BCUT2D eigenvalue weighted by molar-refractivity contribution is 5.47. The maximum absolute atomic E-state index is 5.75. The molecule has 0 aromatic carbocycles. The summed E-state index contributed by atoms with van der Waals surface area (Å²) in [6, 6.07) is 4.18. The molecule has 1 fully saturated rings. The number of nitrogens with zero attached hydrogens (tertiary/aromatic N) is 2. The van der Waals surface area contributed by atoms with Gasteiger partial charge in [-0.05, 0) is 33.3 Å². The van der Waals surface area contributed by atoms with Crippen LogP contribution < -0.4 is 10.2 Å². The van der Waals surface area contributed by atoms with E-state index in [1.165, 1.54) is 5.56 Å². The summed E-state index contributed by atoms with van der Waals surface area (Å²) < 4.78 is 5.75. The molecule has 0 amide bonds. The first kappa shape index (κ1) is 15.3. The molecule has 1 aromatic rings. The number of nitrogens with one attached hydrogen (secondary N) is 1. The molecule has 0 aliphatic carbocycles. The Bertz CT molecular complexity index is 428. The summed E-state index contributed by atoms with van der Waals surface area (Å²) in [7, 11) is 0. The van der Waals surface area contributed by atoms with Crippen LogP contribution in [0.4, 0.5) is 5.82 Å². The van der Waals surface area contributed by atoms with Crippen LogP contribution in [0, 0.1) is 0 Å². The second-order valence-corrected chi connectivity index (χ2v) is 6.44. The van der Waals surface area contributed by atoms with Gasteiger partial charge in [0.25, 0.3) is 0 Å². The standard InChI is InChI=1S/C16H27N3O/c1-5-14-12-19(9-10-20-14)15-13(7-6-8-17-15)11-18-16(2,3)4/h6-8,14,18H,5,9-12H2,1-4H3. The number of aromatic nitrogens is 1. The molecule has 1 N–H and O–H groups in total. The molecule has 0 radical (unpaired) electrons. The highest BCUT2D eigenvalue weighted by Gasteiger charge is 2.22. The lowest BCUT2D eigenvalue weighted by molar-refractivity contribution is 0.0381. The lowest BCUT2D eigenvalue weighted by atomic mass is 10.1. The van der Waals surface area contributed by atoms with Crippen molar-refractivity contribution in [2.45, 2.75) is 52.3 Å². The van der Waals surface area contributed by atoms with E-state index in [0.29, 0.717) is 6.10 Å². The highest BCUT2D eigenvalue weighted by atomic mass is 16.5. The Morgan fingerprint density at radius 1 is 1.45 bits per heavy atom. The Morgan fingerprint density at radius 2 is 2.25 bits per heavy atom. The van der Waals surface area contributed by atoms with E-state index in [0.717, 1.165) is 38.5 Å². The van der Waals surface area contributed by atoms with E-state index < -0.39 is 0 Å². The minimum atomic E-state index is 0.115. The van der Waals surface area contributed by atoms with Gasteiger partial charge in [0.05, 0.1) is 12.7 Å². The average Bonchev–Trinajstić information content (AvgIpc) is 2.45. The molecule has 4 nitrogen and oxygen atoms in total. The smallest absolute Gasteiger partial charge is 0.133 e. The summed E-state index contributed by atoms with van der Waals surface area (Å²) in [4.78, 5) is 6.96. The number of pyridine rings is 1. The monoisotopic (exact) mass is 277 g/mol. The van der Waals surface area contributed by atoms with Crippen LogP contribution in [0.25, 0.3) is 0 Å². The van der Waals surface area contributed by atoms with Crippen LogP contribution in [0.5, 0.6) is 0 Å². The molecule has 0 spiro atoms. The number of rotatable bonds is 4. The Hall–Kier alpha value is -1.13. The molecule has 0 bridgehead atoms. The Kier molecular flexibility index (Phi) is 5.00. The molecule has 1 aromatic heterocycles. The second-order valence-electron chi connectivity index (χ2n) is 6.44. The predicted octanol–water partition coefficient (Wildman–Crippen LogP) is 2.58. The number of morpholine rings is 1. The van der Waals surface area contributed by atoms with Crippen molar-refractivity contribution in [2.24, 2.45) is 0 Å². The second kappa shape index (κ2) is 6.55. The molecule has 112 valence electrons. The van der Waals surface area contributed by atoms with Gasteiger partial charge in [0, 0.05) is 36.9 Å². The Morgan fingerprint density at radius 3 is 2.95 bits per heavy atom. The lowest BCUT2D eigenvalue weighted by Crippen LogP contribution is -2.43. The zero-order chi connectivity index (χ0) is 14.6. The lowest BCUT2D eigenvalue weighted by Gasteiger charge is -2.34. The minimum absolute atomic E-state index is 0.115. The Balaban J connectivity index is 2.10. The molecule has 0 saturated carbocycles. The maximum atomic E-state index is 5.75. The Labute approximate surface area is 122 Å². The van der Waals surface area contributed by atoms with Gasteiger partial charge in [0.2, 0.25) is 0 Å². The number of ether oxygens (including phenoxy) is 1. The van der Waals surface area contributed by atoms with E-state index in [1.807, 2.05) is 12.3 Å². The first-order valence-electron chi connectivity index (χ1n) is 7.55. The van der Waals surface area contributed by atoms with Crippen molar-refractivity contribution in [3.8, 4) is 0 Å². The first-order valence-corrected chi connectivity index (χ1v) is 7.55. The van der Waals surface area contributed by atoms with Crippen molar-refractivity contribution in [1.29, 1.82) is 0 Å². The van der Waals surface area contributed by atoms with Crippen LogP contribution in [0.15, 0.2) is 18.3 Å². The number of hydrogen-bond donors (Lipinski definition) is 1. The third-order valence-electron chi connectivity index (χ3n) is 3.57. The topological polar surface area (TPSA) is 37.4 Å². The van der Waals surface area contributed by atoms with Crippen LogP contribution in [0.3, 0.4) is 0 Å². The van der Waals surface area contributed by atoms with E-state index in [4.69, 9.17) is 4.74 Å². The van der Waals surface area contributed by atoms with Crippen LogP contribution in [-0.2, 0) is 11.3 Å². The highest BCUT2D eigenvalue weighted by Crippen LogP contribution is 2.21. The van der Waals surface area contributed by atoms with Crippen molar-refractivity contribution < 1.29 is 4.74 Å². The van der Waals surface area contributed by atoms with Crippen LogP contribution in [-0.4, -0.2) is 36.3 Å². The normalized spacial score (nSPS) is 20.2. The van der Waals surface area contributed by atoms with Gasteiger partial charge in [-0.3, -0.25) is 0 Å². The third-order valence-corrected chi connectivity index (χ3v) is 3.57. The van der Waals surface area contributed by atoms with Gasteiger partial charge in [-0.1, -0.05) is 13.0 Å². The fourth-order valence-electron chi connectivity index (χ4n) is 2.37. The fourth-order valence-corrected chi connectivity index (χ4v) is 2.37. The minimum Gasteiger partial charge on any atom is -0.375 e. The average molecular weight is 277 g/mol. The van der Waals surface area contributed by atoms with E-state index in [-0.39, 0.29) is 5.54 Å². The molecule has 2 heterocycles. The van der Waals surface area contributed by atoms with Crippen molar-refractivity contribution in [3.63, 3.8) is 0 Å². The van der Waals surface area contributed by atoms with Crippen molar-refractivity contribution in [2.75, 3.05) is 24.6 Å². The van der Waals surface area contributed by atoms with Gasteiger partial charge in [0.15, 0.2) is 0 Å². The van der Waals surface area contributed by atoms with Gasteiger partial charge in [-0.2, -0.15) is 0 Å². The van der Waals surface area contributed by atoms with Crippen LogP contribution in [0.2, 0.25) is 0 Å². The van der Waals surface area contributed by atoms with Gasteiger partial charge in [0.1, 0.15) is 5.82 Å². The van der Waals surface area contributed by atoms with Crippen LogP contribution >= 0.6 is 0 Å². The molecule has 4 heteroatoms. The summed E-state index contributed by atoms with van der Waals surface area (Å²) in [5.74, 6) is 1.10. The summed E-state index contributed by atoms with van der Waals surface area (Å²) >= 11 is 0. The maximum Gasteiger partial charge on any atom is 0.133 e. The molecule has 1 unspecified atom stereocenters. The zero-order valence-corrected chi connectivity index (χ0v) is 13.1. The fraction of sp³-hybridized carbons (Fsp3) is 0.688. The molecule has 1 atom stereocenters. The number of anilines is 1. The summed E-state index contributed by atoms with van der Waals surface area (Å²) in [6.45, 7) is 12.2. The SMILES string of the molecule is CCC1CN(c2ncccc2CNC(C)(C)C)CCO1. The molecule has 1 aliphatic heterocycles. The van der Waals surface area contributed by atoms with E-state index in [9.17, 15) is 0 Å². The van der Waals surface area contributed by atoms with E-state index in [2.05, 4.69) is 49.0 Å². The van der Waals surface area contributed by atoms with E-state index >= 15 is 0 Å². The van der Waals surface area contributed by atoms with Crippen LogP contribution in [0.1, 0.15) is 39.7 Å². The van der Waals surface area contributed by atoms with Gasteiger partial charge in [-0.15, -0.1) is 0 Å². The van der Waals surface area contributed by atoms with Gasteiger partial charge >= 0.3 is 0 Å². The van der Waals surface area contributed by atoms with Crippen molar-refractivity contribution >= 4 is 5.82 Å². The molecule has 1 aliphatic rings. The number of hydrogen-bond acceptors (Lipinski definition) is 4.